The highest BCUT2D eigenvalue weighted by Crippen LogP contribution is 2.36. The van der Waals surface area contributed by atoms with Crippen molar-refractivity contribution in [3.8, 4) is 5.75 Å². The highest BCUT2D eigenvalue weighted by Gasteiger charge is 2.31. The van der Waals surface area contributed by atoms with Crippen molar-refractivity contribution in [3.05, 3.63) is 86.1 Å². The maximum absolute atomic E-state index is 14.0. The fraction of sp³-hybridized carbons (Fsp3) is 0.174. The highest BCUT2D eigenvalue weighted by atomic mass is 79.9. The molecule has 1 heterocycles. The zero-order valence-electron chi connectivity index (χ0n) is 18.4. The highest BCUT2D eigenvalue weighted by molar-refractivity contribution is 9.11. The van der Waals surface area contributed by atoms with Gasteiger partial charge >= 0.3 is 10.1 Å². The quantitative estimate of drug-likeness (QED) is 0.167. The van der Waals surface area contributed by atoms with Crippen LogP contribution in [-0.2, 0) is 14.9 Å². The summed E-state index contributed by atoms with van der Waals surface area (Å²) in [5.74, 6) is -13.6. The molecule has 0 fully saturated rings. The van der Waals surface area contributed by atoms with Crippen molar-refractivity contribution < 1.29 is 39.3 Å². The van der Waals surface area contributed by atoms with Gasteiger partial charge in [0, 0.05) is 15.9 Å². The summed E-state index contributed by atoms with van der Waals surface area (Å²) in [6, 6.07) is 5.77. The minimum Gasteiger partial charge on any atom is -0.495 e. The van der Waals surface area contributed by atoms with E-state index in [-0.39, 0.29) is 16.8 Å². The lowest BCUT2D eigenvalue weighted by Gasteiger charge is -2.24. The number of hydrogen-bond donors (Lipinski definition) is 0. The number of ether oxygens (including phenoxy) is 1. The third-order valence-electron chi connectivity index (χ3n) is 5.53. The van der Waals surface area contributed by atoms with Crippen LogP contribution in [0.15, 0.2) is 56.3 Å². The van der Waals surface area contributed by atoms with Gasteiger partial charge in [0.15, 0.2) is 0 Å². The third-order valence-corrected chi connectivity index (χ3v) is 7.76. The first-order chi connectivity index (χ1) is 16.9. The minimum atomic E-state index is -5.05. The molecule has 1 aliphatic carbocycles. The number of halogens is 6. The molecule has 0 radical (unpaired) electrons. The molecule has 1 aliphatic rings. The van der Waals surface area contributed by atoms with Crippen LogP contribution in [0.25, 0.3) is 16.6 Å². The molecule has 190 valence electrons. The average Bonchev–Trinajstić information content (AvgIpc) is 2.85. The number of nitrogens with zero attached hydrogens (tertiary/aromatic N) is 1. The Labute approximate surface area is 209 Å². The molecular formula is C23H15BrF5NO5S. The Morgan fingerprint density at radius 3 is 2.19 bits per heavy atom. The molecule has 2 aromatic carbocycles. The Kier molecular flexibility index (Phi) is 6.73. The van der Waals surface area contributed by atoms with Gasteiger partial charge in [-0.15, -0.1) is 0 Å². The Morgan fingerprint density at radius 2 is 1.58 bits per heavy atom. The van der Waals surface area contributed by atoms with Gasteiger partial charge in [-0.25, -0.2) is 13.2 Å². The monoisotopic (exact) mass is 591 g/mol. The zero-order valence-corrected chi connectivity index (χ0v) is 20.8. The summed E-state index contributed by atoms with van der Waals surface area (Å²) in [5.41, 5.74) is 0.358. The zero-order chi connectivity index (χ0) is 26.5. The van der Waals surface area contributed by atoms with Gasteiger partial charge in [0.05, 0.1) is 18.3 Å². The molecule has 0 amide bonds. The van der Waals surface area contributed by atoms with Gasteiger partial charge < -0.3 is 8.92 Å². The van der Waals surface area contributed by atoms with Crippen molar-refractivity contribution in [3.63, 3.8) is 0 Å². The summed E-state index contributed by atoms with van der Waals surface area (Å²) in [6.07, 6.45) is 2.12. The largest absolute Gasteiger partial charge is 0.495 e. The summed E-state index contributed by atoms with van der Waals surface area (Å²) < 4.78 is 105. The van der Waals surface area contributed by atoms with Crippen LogP contribution in [-0.4, -0.2) is 20.1 Å². The SMILES string of the molecule is COC1=C(n2c(=O)ccc3cc(S(=O)(=O)Oc4c(F)c(F)c(F)c(F)c4F)ccc32)CC(C)C(Br)=C1. The van der Waals surface area contributed by atoms with Crippen LogP contribution in [0.3, 0.4) is 0 Å². The van der Waals surface area contributed by atoms with Gasteiger partial charge in [0.1, 0.15) is 10.7 Å². The van der Waals surface area contributed by atoms with Crippen LogP contribution in [0, 0.1) is 35.0 Å². The van der Waals surface area contributed by atoms with Crippen molar-refractivity contribution >= 4 is 42.6 Å². The third kappa shape index (κ3) is 4.30. The predicted octanol–water partition coefficient (Wildman–Crippen LogP) is 5.60. The Hall–Kier alpha value is -3.19. The second-order valence-corrected chi connectivity index (χ2v) is 10.3. The second-order valence-electron chi connectivity index (χ2n) is 7.81. The number of benzene rings is 2. The first kappa shape index (κ1) is 25.9. The van der Waals surface area contributed by atoms with Crippen LogP contribution in [0.5, 0.6) is 5.75 Å². The summed E-state index contributed by atoms with van der Waals surface area (Å²) in [7, 11) is -3.62. The van der Waals surface area contributed by atoms with Gasteiger partial charge in [0.2, 0.25) is 34.8 Å². The van der Waals surface area contributed by atoms with Crippen LogP contribution in [0.1, 0.15) is 13.3 Å². The van der Waals surface area contributed by atoms with Crippen LogP contribution in [0.4, 0.5) is 22.0 Å². The van der Waals surface area contributed by atoms with Crippen molar-refractivity contribution in [2.24, 2.45) is 5.92 Å². The number of rotatable bonds is 5. The van der Waals surface area contributed by atoms with E-state index in [1.807, 2.05) is 6.92 Å². The molecular weight excluding hydrogens is 577 g/mol. The Morgan fingerprint density at radius 1 is 0.972 bits per heavy atom. The van der Waals surface area contributed by atoms with E-state index >= 15 is 0 Å². The van der Waals surface area contributed by atoms with Gasteiger partial charge in [0.25, 0.3) is 5.56 Å². The molecule has 0 N–H and O–H groups in total. The molecule has 1 atom stereocenters. The lowest BCUT2D eigenvalue weighted by molar-refractivity contribution is 0.302. The molecule has 4 rings (SSSR count). The van der Waals surface area contributed by atoms with Crippen molar-refractivity contribution in [1.82, 2.24) is 4.57 Å². The summed E-state index contributed by atoms with van der Waals surface area (Å²) in [4.78, 5) is 12.1. The molecule has 3 aromatic rings. The first-order valence-electron chi connectivity index (χ1n) is 10.1. The van der Waals surface area contributed by atoms with E-state index in [9.17, 15) is 35.2 Å². The van der Waals surface area contributed by atoms with Gasteiger partial charge in [-0.2, -0.15) is 17.2 Å². The van der Waals surface area contributed by atoms with E-state index in [0.717, 1.165) is 16.6 Å². The van der Waals surface area contributed by atoms with E-state index < -0.39 is 55.4 Å². The summed E-state index contributed by atoms with van der Waals surface area (Å²) in [6.45, 7) is 1.92. The molecule has 1 aromatic heterocycles. The molecule has 6 nitrogen and oxygen atoms in total. The lowest BCUT2D eigenvalue weighted by atomic mass is 9.98. The molecule has 0 spiro atoms. The predicted molar refractivity (Wildman–Crippen MR) is 123 cm³/mol. The average molecular weight is 592 g/mol. The van der Waals surface area contributed by atoms with Gasteiger partial charge in [-0.05, 0) is 42.7 Å². The van der Waals surface area contributed by atoms with E-state index in [1.54, 1.807) is 6.08 Å². The Balaban J connectivity index is 1.84. The van der Waals surface area contributed by atoms with Crippen LogP contribution < -0.4 is 9.74 Å². The topological polar surface area (TPSA) is 74.6 Å². The number of hydrogen-bond acceptors (Lipinski definition) is 5. The maximum atomic E-state index is 14.0. The summed E-state index contributed by atoms with van der Waals surface area (Å²) in [5, 5.41) is 0.209. The molecule has 13 heteroatoms. The molecule has 0 aliphatic heterocycles. The Bertz CT molecular complexity index is 1620. The van der Waals surface area contributed by atoms with Crippen molar-refractivity contribution in [1.29, 1.82) is 0 Å². The van der Waals surface area contributed by atoms with Crippen molar-refractivity contribution in [2.75, 3.05) is 7.11 Å². The van der Waals surface area contributed by atoms with Gasteiger partial charge in [-0.1, -0.05) is 22.9 Å². The summed E-state index contributed by atoms with van der Waals surface area (Å²) >= 11 is 3.44. The molecule has 36 heavy (non-hydrogen) atoms. The van der Waals surface area contributed by atoms with E-state index in [1.165, 1.54) is 29.9 Å². The van der Waals surface area contributed by atoms with E-state index in [0.29, 0.717) is 17.9 Å². The van der Waals surface area contributed by atoms with E-state index in [4.69, 9.17) is 4.74 Å². The van der Waals surface area contributed by atoms with E-state index in [2.05, 4.69) is 20.1 Å². The number of allylic oxidation sites excluding steroid dienone is 3. The van der Waals surface area contributed by atoms with Crippen LogP contribution >= 0.6 is 15.9 Å². The number of pyridine rings is 1. The van der Waals surface area contributed by atoms with Crippen molar-refractivity contribution in [2.45, 2.75) is 18.2 Å². The molecule has 0 bridgehead atoms. The number of aromatic nitrogens is 1. The smallest absolute Gasteiger partial charge is 0.339 e. The number of methoxy groups -OCH3 is 1. The molecule has 0 saturated carbocycles. The lowest BCUT2D eigenvalue weighted by Crippen LogP contribution is -2.23. The van der Waals surface area contributed by atoms with Crippen LogP contribution in [0.2, 0.25) is 0 Å². The molecule has 1 unspecified atom stereocenters. The maximum Gasteiger partial charge on any atom is 0.339 e. The standard InChI is InChI=1S/C23H15BrF5NO5S/c1-10-7-15(16(34-2)9-13(10)24)30-14-5-4-12(8-11(14)3-6-17(30)31)36(32,33)35-23-21(28)19(26)18(25)20(27)22(23)29/h3-6,8-10H,7H2,1-2H3. The number of fused-ring (bicyclic) bond motifs is 1. The first-order valence-corrected chi connectivity index (χ1v) is 12.3. The fourth-order valence-electron chi connectivity index (χ4n) is 3.69. The fourth-order valence-corrected chi connectivity index (χ4v) is 5.03. The molecule has 0 saturated heterocycles. The minimum absolute atomic E-state index is 0.00963. The normalized spacial score (nSPS) is 16.3. The van der Waals surface area contributed by atoms with Gasteiger partial charge in [-0.3, -0.25) is 9.36 Å². The second kappa shape index (κ2) is 9.36.